The third-order valence-electron chi connectivity index (χ3n) is 3.57. The number of anilines is 1. The number of fused-ring (bicyclic) bond motifs is 1. The maximum Gasteiger partial charge on any atom is 0.327 e. The molecule has 1 heterocycles. The Morgan fingerprint density at radius 1 is 1.48 bits per heavy atom. The van der Waals surface area contributed by atoms with Gasteiger partial charge in [0.1, 0.15) is 6.04 Å². The average molecular weight is 285 g/mol. The van der Waals surface area contributed by atoms with Gasteiger partial charge in [0.05, 0.1) is 18.0 Å². The number of carboxylic acid groups (broad SMARTS) is 1. The summed E-state index contributed by atoms with van der Waals surface area (Å²) in [5.74, 6) is -0.898. The molecule has 0 aliphatic heterocycles. The molecule has 0 aliphatic rings. The molecule has 0 saturated heterocycles. The summed E-state index contributed by atoms with van der Waals surface area (Å²) in [7, 11) is 0. The Kier molecular flexibility index (Phi) is 3.65. The minimum atomic E-state index is -0.898. The number of nitrogens with two attached hydrogens (primary N) is 1. The van der Waals surface area contributed by atoms with Crippen LogP contribution in [0.2, 0.25) is 0 Å². The lowest BCUT2D eigenvalue weighted by Crippen LogP contribution is -2.31. The van der Waals surface area contributed by atoms with E-state index < -0.39 is 17.4 Å². The number of carbonyl (C=O) groups is 1. The molecule has 5 nitrogen and oxygen atoms in total. The van der Waals surface area contributed by atoms with Crippen molar-refractivity contribution in [3.8, 4) is 6.07 Å². The van der Waals surface area contributed by atoms with Gasteiger partial charge in [-0.2, -0.15) is 5.26 Å². The lowest BCUT2D eigenvalue weighted by Gasteiger charge is -2.29. The third kappa shape index (κ3) is 2.57. The molecule has 0 aliphatic carbocycles. The van der Waals surface area contributed by atoms with Crippen molar-refractivity contribution in [1.82, 2.24) is 4.57 Å². The first-order valence-corrected chi connectivity index (χ1v) is 6.75. The minimum Gasteiger partial charge on any atom is -0.480 e. The predicted octanol–water partition coefficient (Wildman–Crippen LogP) is 2.96. The van der Waals surface area contributed by atoms with E-state index in [-0.39, 0.29) is 6.42 Å². The van der Waals surface area contributed by atoms with Crippen LogP contribution in [-0.4, -0.2) is 15.6 Å². The van der Waals surface area contributed by atoms with Crippen LogP contribution in [-0.2, 0) is 11.2 Å². The van der Waals surface area contributed by atoms with Crippen LogP contribution in [0.25, 0.3) is 10.9 Å². The van der Waals surface area contributed by atoms with Gasteiger partial charge in [-0.3, -0.25) is 0 Å². The van der Waals surface area contributed by atoms with E-state index in [9.17, 15) is 9.90 Å². The number of nitriles is 1. The second-order valence-corrected chi connectivity index (χ2v) is 6.24. The molecule has 0 spiro atoms. The molecular formula is C16H19N3O2. The van der Waals surface area contributed by atoms with Gasteiger partial charge in [0.2, 0.25) is 0 Å². The van der Waals surface area contributed by atoms with Crippen molar-refractivity contribution in [2.75, 3.05) is 5.73 Å². The highest BCUT2D eigenvalue weighted by atomic mass is 16.4. The monoisotopic (exact) mass is 285 g/mol. The summed E-state index contributed by atoms with van der Waals surface area (Å²) < 4.78 is 1.72. The Hall–Kier alpha value is -2.48. The summed E-state index contributed by atoms with van der Waals surface area (Å²) in [5, 5.41) is 19.4. The van der Waals surface area contributed by atoms with Gasteiger partial charge in [-0.25, -0.2) is 4.79 Å². The Bertz CT molecular complexity index is 732. The standard InChI is InChI=1S/C16H19N3O2/c1-16(2,3)14(15(20)21)19-9-10(7-8-17)13-11(18)5-4-6-12(13)19/h4-6,9,14H,7,18H2,1-3H3,(H,20,21). The number of nitrogen functional groups attached to an aromatic ring is 1. The molecule has 0 radical (unpaired) electrons. The normalized spacial score (nSPS) is 13.0. The number of nitrogens with zero attached hydrogens (tertiary/aromatic N) is 2. The second kappa shape index (κ2) is 5.13. The van der Waals surface area contributed by atoms with Gasteiger partial charge in [0, 0.05) is 17.3 Å². The van der Waals surface area contributed by atoms with E-state index in [1.54, 1.807) is 22.9 Å². The van der Waals surface area contributed by atoms with Crippen LogP contribution in [0.5, 0.6) is 0 Å². The molecule has 0 fully saturated rings. The summed E-state index contributed by atoms with van der Waals surface area (Å²) in [5.41, 5.74) is 7.63. The van der Waals surface area contributed by atoms with E-state index in [1.807, 2.05) is 26.8 Å². The van der Waals surface area contributed by atoms with Crippen LogP contribution in [0.3, 0.4) is 0 Å². The van der Waals surface area contributed by atoms with Crippen molar-refractivity contribution in [2.45, 2.75) is 33.2 Å². The number of hydrogen-bond donors (Lipinski definition) is 2. The Morgan fingerprint density at radius 3 is 2.67 bits per heavy atom. The fourth-order valence-corrected chi connectivity index (χ4v) is 2.76. The highest BCUT2D eigenvalue weighted by Crippen LogP contribution is 2.37. The molecular weight excluding hydrogens is 266 g/mol. The SMILES string of the molecule is CC(C)(C)C(C(=O)O)n1cc(CC#N)c2c(N)cccc21. The summed E-state index contributed by atoms with van der Waals surface area (Å²) in [6.07, 6.45) is 1.95. The zero-order valence-electron chi connectivity index (χ0n) is 12.4. The van der Waals surface area contributed by atoms with E-state index in [1.165, 1.54) is 0 Å². The Labute approximate surface area is 123 Å². The van der Waals surface area contributed by atoms with Crippen LogP contribution in [0.15, 0.2) is 24.4 Å². The third-order valence-corrected chi connectivity index (χ3v) is 3.57. The highest BCUT2D eigenvalue weighted by Gasteiger charge is 2.34. The summed E-state index contributed by atoms with van der Waals surface area (Å²) in [4.78, 5) is 11.7. The van der Waals surface area contributed by atoms with E-state index in [2.05, 4.69) is 6.07 Å². The number of carboxylic acids is 1. The largest absolute Gasteiger partial charge is 0.480 e. The molecule has 110 valence electrons. The zero-order chi connectivity index (χ0) is 15.8. The molecule has 0 amide bonds. The molecule has 1 unspecified atom stereocenters. The number of benzene rings is 1. The summed E-state index contributed by atoms with van der Waals surface area (Å²) >= 11 is 0. The van der Waals surface area contributed by atoms with Gasteiger partial charge in [-0.15, -0.1) is 0 Å². The number of hydrogen-bond acceptors (Lipinski definition) is 3. The molecule has 2 rings (SSSR count). The van der Waals surface area contributed by atoms with Crippen LogP contribution in [0, 0.1) is 16.7 Å². The van der Waals surface area contributed by atoms with Crippen molar-refractivity contribution in [1.29, 1.82) is 5.26 Å². The van der Waals surface area contributed by atoms with Crippen molar-refractivity contribution in [2.24, 2.45) is 5.41 Å². The number of aliphatic carboxylic acids is 1. The summed E-state index contributed by atoms with van der Waals surface area (Å²) in [6.45, 7) is 5.65. The first kappa shape index (κ1) is 14.9. The molecule has 3 N–H and O–H groups in total. The van der Waals surface area contributed by atoms with Crippen molar-refractivity contribution in [3.63, 3.8) is 0 Å². The van der Waals surface area contributed by atoms with Crippen LogP contribution < -0.4 is 5.73 Å². The van der Waals surface area contributed by atoms with Gasteiger partial charge in [-0.05, 0) is 23.1 Å². The topological polar surface area (TPSA) is 92.0 Å². The lowest BCUT2D eigenvalue weighted by molar-refractivity contribution is -0.144. The van der Waals surface area contributed by atoms with Crippen LogP contribution in [0.4, 0.5) is 5.69 Å². The average Bonchev–Trinajstić information content (AvgIpc) is 2.68. The molecule has 1 aromatic heterocycles. The molecule has 1 atom stereocenters. The molecule has 0 bridgehead atoms. The number of rotatable bonds is 3. The fraction of sp³-hybridized carbons (Fsp3) is 0.375. The van der Waals surface area contributed by atoms with Gasteiger partial charge < -0.3 is 15.4 Å². The zero-order valence-corrected chi connectivity index (χ0v) is 12.4. The van der Waals surface area contributed by atoms with Crippen molar-refractivity contribution < 1.29 is 9.90 Å². The first-order valence-electron chi connectivity index (χ1n) is 6.75. The van der Waals surface area contributed by atoms with E-state index in [0.29, 0.717) is 5.69 Å². The fourth-order valence-electron chi connectivity index (χ4n) is 2.76. The molecule has 5 heteroatoms. The van der Waals surface area contributed by atoms with Crippen molar-refractivity contribution >= 4 is 22.6 Å². The molecule has 0 saturated carbocycles. The minimum absolute atomic E-state index is 0.203. The smallest absolute Gasteiger partial charge is 0.327 e. The Morgan fingerprint density at radius 2 is 2.14 bits per heavy atom. The summed E-state index contributed by atoms with van der Waals surface area (Å²) in [6, 6.07) is 6.78. The van der Waals surface area contributed by atoms with Gasteiger partial charge in [0.15, 0.2) is 0 Å². The van der Waals surface area contributed by atoms with Gasteiger partial charge >= 0.3 is 5.97 Å². The quantitative estimate of drug-likeness (QED) is 0.848. The highest BCUT2D eigenvalue weighted by molar-refractivity contribution is 5.95. The lowest BCUT2D eigenvalue weighted by atomic mass is 9.86. The molecule has 21 heavy (non-hydrogen) atoms. The van der Waals surface area contributed by atoms with Crippen LogP contribution in [0.1, 0.15) is 32.4 Å². The van der Waals surface area contributed by atoms with E-state index >= 15 is 0 Å². The Balaban J connectivity index is 2.78. The second-order valence-electron chi connectivity index (χ2n) is 6.24. The first-order chi connectivity index (χ1) is 9.77. The van der Waals surface area contributed by atoms with E-state index in [4.69, 9.17) is 11.0 Å². The van der Waals surface area contributed by atoms with Crippen LogP contribution >= 0.6 is 0 Å². The van der Waals surface area contributed by atoms with Gasteiger partial charge in [0.25, 0.3) is 0 Å². The van der Waals surface area contributed by atoms with Gasteiger partial charge in [-0.1, -0.05) is 26.8 Å². The molecule has 2 aromatic rings. The maximum absolute atomic E-state index is 11.7. The maximum atomic E-state index is 11.7. The molecule has 1 aromatic carbocycles. The van der Waals surface area contributed by atoms with E-state index in [0.717, 1.165) is 16.5 Å². The predicted molar refractivity (Wildman–Crippen MR) is 81.8 cm³/mol. The number of aromatic nitrogens is 1. The van der Waals surface area contributed by atoms with Crippen molar-refractivity contribution in [3.05, 3.63) is 30.0 Å².